The SMILES string of the molecule is O=S(=O)(CC1CCCNC1)c1ccccc1. The lowest BCUT2D eigenvalue weighted by Gasteiger charge is -2.22. The lowest BCUT2D eigenvalue weighted by molar-refractivity contribution is 0.404. The Bertz CT molecular complexity index is 422. The summed E-state index contributed by atoms with van der Waals surface area (Å²) in [5.41, 5.74) is 0. The van der Waals surface area contributed by atoms with Crippen molar-refractivity contribution in [3.63, 3.8) is 0 Å². The van der Waals surface area contributed by atoms with E-state index in [0.29, 0.717) is 4.90 Å². The molecule has 0 aliphatic carbocycles. The molecule has 1 saturated heterocycles. The smallest absolute Gasteiger partial charge is 0.178 e. The van der Waals surface area contributed by atoms with Gasteiger partial charge in [-0.15, -0.1) is 0 Å². The molecule has 0 bridgehead atoms. The Morgan fingerprint density at radius 1 is 1.25 bits per heavy atom. The zero-order chi connectivity index (χ0) is 11.4. The van der Waals surface area contributed by atoms with Gasteiger partial charge < -0.3 is 5.32 Å². The summed E-state index contributed by atoms with van der Waals surface area (Å²) in [4.78, 5) is 0.445. The van der Waals surface area contributed by atoms with Crippen molar-refractivity contribution in [2.75, 3.05) is 18.8 Å². The molecule has 1 aromatic rings. The van der Waals surface area contributed by atoms with Gasteiger partial charge in [-0.2, -0.15) is 0 Å². The molecular weight excluding hydrogens is 222 g/mol. The summed E-state index contributed by atoms with van der Waals surface area (Å²) in [5, 5.41) is 3.24. The number of rotatable bonds is 3. The monoisotopic (exact) mass is 239 g/mol. The number of hydrogen-bond acceptors (Lipinski definition) is 3. The highest BCUT2D eigenvalue weighted by atomic mass is 32.2. The van der Waals surface area contributed by atoms with Crippen LogP contribution in [0, 0.1) is 5.92 Å². The molecule has 0 radical (unpaired) electrons. The van der Waals surface area contributed by atoms with Gasteiger partial charge in [0.2, 0.25) is 0 Å². The van der Waals surface area contributed by atoms with Gasteiger partial charge in [0.1, 0.15) is 0 Å². The van der Waals surface area contributed by atoms with Crippen LogP contribution in [0.5, 0.6) is 0 Å². The minimum absolute atomic E-state index is 0.263. The number of hydrogen-bond donors (Lipinski definition) is 1. The first-order chi connectivity index (χ1) is 7.68. The van der Waals surface area contributed by atoms with E-state index in [1.807, 2.05) is 6.07 Å². The molecule has 2 rings (SSSR count). The van der Waals surface area contributed by atoms with Crippen LogP contribution in [0.3, 0.4) is 0 Å². The average molecular weight is 239 g/mol. The topological polar surface area (TPSA) is 46.2 Å². The van der Waals surface area contributed by atoms with E-state index in [2.05, 4.69) is 5.32 Å². The molecule has 1 aromatic carbocycles. The maximum Gasteiger partial charge on any atom is 0.178 e. The molecule has 1 heterocycles. The minimum atomic E-state index is -3.10. The number of benzene rings is 1. The van der Waals surface area contributed by atoms with Crippen LogP contribution in [-0.4, -0.2) is 27.3 Å². The lowest BCUT2D eigenvalue weighted by Crippen LogP contribution is -2.33. The Kier molecular flexibility index (Phi) is 3.61. The van der Waals surface area contributed by atoms with Crippen molar-refractivity contribution in [3.8, 4) is 0 Å². The van der Waals surface area contributed by atoms with Gasteiger partial charge in [-0.05, 0) is 44.0 Å². The third-order valence-corrected chi connectivity index (χ3v) is 4.86. The van der Waals surface area contributed by atoms with E-state index in [1.54, 1.807) is 24.3 Å². The lowest BCUT2D eigenvalue weighted by atomic mass is 10.0. The second kappa shape index (κ2) is 4.97. The van der Waals surface area contributed by atoms with Crippen LogP contribution in [0.15, 0.2) is 35.2 Å². The molecular formula is C12H17NO2S. The van der Waals surface area contributed by atoms with Crippen LogP contribution in [0.1, 0.15) is 12.8 Å². The molecule has 88 valence electrons. The summed E-state index contributed by atoms with van der Waals surface area (Å²) in [6.45, 7) is 1.84. The van der Waals surface area contributed by atoms with E-state index in [1.165, 1.54) is 0 Å². The fraction of sp³-hybridized carbons (Fsp3) is 0.500. The second-order valence-corrected chi connectivity index (χ2v) is 6.34. The predicted octanol–water partition coefficient (Wildman–Crippen LogP) is 1.46. The molecule has 1 aliphatic rings. The number of nitrogens with one attached hydrogen (secondary N) is 1. The van der Waals surface area contributed by atoms with Crippen molar-refractivity contribution in [2.24, 2.45) is 5.92 Å². The third-order valence-electron chi connectivity index (χ3n) is 2.96. The molecule has 0 aromatic heterocycles. The first kappa shape index (κ1) is 11.6. The fourth-order valence-electron chi connectivity index (χ4n) is 2.10. The van der Waals surface area contributed by atoms with Crippen LogP contribution in [0.25, 0.3) is 0 Å². The molecule has 1 unspecified atom stereocenters. The summed E-state index contributed by atoms with van der Waals surface area (Å²) < 4.78 is 24.1. The van der Waals surface area contributed by atoms with Gasteiger partial charge in [-0.25, -0.2) is 8.42 Å². The molecule has 3 nitrogen and oxygen atoms in total. The molecule has 0 amide bonds. The van der Waals surface area contributed by atoms with Crippen molar-refractivity contribution < 1.29 is 8.42 Å². The highest BCUT2D eigenvalue weighted by molar-refractivity contribution is 7.91. The van der Waals surface area contributed by atoms with Gasteiger partial charge in [-0.3, -0.25) is 0 Å². The molecule has 16 heavy (non-hydrogen) atoms. The first-order valence-corrected chi connectivity index (χ1v) is 7.32. The second-order valence-electron chi connectivity index (χ2n) is 4.31. The molecule has 1 aliphatic heterocycles. The predicted molar refractivity (Wildman–Crippen MR) is 64.1 cm³/mol. The Balaban J connectivity index is 2.08. The molecule has 0 saturated carbocycles. The zero-order valence-electron chi connectivity index (χ0n) is 9.22. The fourth-order valence-corrected chi connectivity index (χ4v) is 3.77. The standard InChI is InChI=1S/C12H17NO2S/c14-16(15,12-6-2-1-3-7-12)10-11-5-4-8-13-9-11/h1-3,6-7,11,13H,4-5,8-10H2. The molecule has 1 atom stereocenters. The van der Waals surface area contributed by atoms with Gasteiger partial charge in [-0.1, -0.05) is 18.2 Å². The summed E-state index contributed by atoms with van der Waals surface area (Å²) >= 11 is 0. The maximum atomic E-state index is 12.1. The van der Waals surface area contributed by atoms with E-state index in [9.17, 15) is 8.42 Å². The first-order valence-electron chi connectivity index (χ1n) is 5.67. The van der Waals surface area contributed by atoms with Gasteiger partial charge in [0.05, 0.1) is 10.6 Å². The van der Waals surface area contributed by atoms with E-state index in [0.717, 1.165) is 25.9 Å². The van der Waals surface area contributed by atoms with Gasteiger partial charge in [0.15, 0.2) is 9.84 Å². The highest BCUT2D eigenvalue weighted by Gasteiger charge is 2.22. The molecule has 0 spiro atoms. The third kappa shape index (κ3) is 2.83. The van der Waals surface area contributed by atoms with Crippen molar-refractivity contribution >= 4 is 9.84 Å². The Morgan fingerprint density at radius 2 is 2.00 bits per heavy atom. The van der Waals surface area contributed by atoms with Crippen LogP contribution in [-0.2, 0) is 9.84 Å². The van der Waals surface area contributed by atoms with Crippen molar-refractivity contribution in [1.82, 2.24) is 5.32 Å². The Hall–Kier alpha value is -0.870. The van der Waals surface area contributed by atoms with Crippen molar-refractivity contribution in [3.05, 3.63) is 30.3 Å². The normalized spacial score (nSPS) is 21.9. The number of piperidine rings is 1. The van der Waals surface area contributed by atoms with E-state index >= 15 is 0 Å². The largest absolute Gasteiger partial charge is 0.316 e. The van der Waals surface area contributed by atoms with Gasteiger partial charge in [0.25, 0.3) is 0 Å². The van der Waals surface area contributed by atoms with Crippen LogP contribution < -0.4 is 5.32 Å². The quantitative estimate of drug-likeness (QED) is 0.868. The number of sulfone groups is 1. The summed E-state index contributed by atoms with van der Waals surface area (Å²) in [5.74, 6) is 0.531. The summed E-state index contributed by atoms with van der Waals surface area (Å²) in [6, 6.07) is 8.72. The summed E-state index contributed by atoms with van der Waals surface area (Å²) in [6.07, 6.45) is 2.09. The molecule has 1 N–H and O–H groups in total. The van der Waals surface area contributed by atoms with Crippen LogP contribution in [0.2, 0.25) is 0 Å². The van der Waals surface area contributed by atoms with Crippen LogP contribution >= 0.6 is 0 Å². The average Bonchev–Trinajstić information content (AvgIpc) is 2.31. The minimum Gasteiger partial charge on any atom is -0.316 e. The Morgan fingerprint density at radius 3 is 2.62 bits per heavy atom. The maximum absolute atomic E-state index is 12.1. The van der Waals surface area contributed by atoms with Crippen molar-refractivity contribution in [1.29, 1.82) is 0 Å². The van der Waals surface area contributed by atoms with E-state index in [-0.39, 0.29) is 11.7 Å². The van der Waals surface area contributed by atoms with E-state index in [4.69, 9.17) is 0 Å². The van der Waals surface area contributed by atoms with Crippen LogP contribution in [0.4, 0.5) is 0 Å². The molecule has 4 heteroatoms. The Labute approximate surface area is 96.8 Å². The van der Waals surface area contributed by atoms with Gasteiger partial charge in [0, 0.05) is 0 Å². The van der Waals surface area contributed by atoms with E-state index < -0.39 is 9.84 Å². The van der Waals surface area contributed by atoms with Gasteiger partial charge >= 0.3 is 0 Å². The van der Waals surface area contributed by atoms with Crippen molar-refractivity contribution in [2.45, 2.75) is 17.7 Å². The highest BCUT2D eigenvalue weighted by Crippen LogP contribution is 2.18. The summed E-state index contributed by atoms with van der Waals surface area (Å²) in [7, 11) is -3.10. The molecule has 1 fully saturated rings. The zero-order valence-corrected chi connectivity index (χ0v) is 10.0.